The molecule has 29 heavy (non-hydrogen) atoms. The van der Waals surface area contributed by atoms with E-state index in [0.717, 1.165) is 41.2 Å². The molecule has 0 fully saturated rings. The predicted molar refractivity (Wildman–Crippen MR) is 113 cm³/mol. The number of aromatic nitrogens is 2. The van der Waals surface area contributed by atoms with Gasteiger partial charge in [0.2, 0.25) is 0 Å². The van der Waals surface area contributed by atoms with E-state index in [1.54, 1.807) is 7.05 Å². The van der Waals surface area contributed by atoms with Crippen LogP contribution in [0.25, 0.3) is 22.4 Å². The number of amides is 1. The standard InChI is InChI=1S/C24H21N3O2/c1-25-24(28)19-7-9-21-20(14-19)26-23(27(21)15-16-5-3-2-4-6-16)18-8-10-22-17(13-18)11-12-29-22/h2-10,13-14H,11-12,15H2,1H3,(H,25,28). The average Bonchev–Trinajstić information content (AvgIpc) is 3.37. The minimum Gasteiger partial charge on any atom is -0.493 e. The largest absolute Gasteiger partial charge is 0.493 e. The Bertz CT molecular complexity index is 1210. The number of hydrogen-bond donors (Lipinski definition) is 1. The second kappa shape index (κ2) is 7.09. The number of hydrogen-bond acceptors (Lipinski definition) is 3. The van der Waals surface area contributed by atoms with Gasteiger partial charge in [0, 0.05) is 31.1 Å². The van der Waals surface area contributed by atoms with Crippen LogP contribution >= 0.6 is 0 Å². The van der Waals surface area contributed by atoms with Gasteiger partial charge in [0.1, 0.15) is 11.6 Å². The molecule has 0 radical (unpaired) electrons. The zero-order valence-electron chi connectivity index (χ0n) is 16.2. The number of nitrogens with zero attached hydrogens (tertiary/aromatic N) is 2. The van der Waals surface area contributed by atoms with E-state index in [-0.39, 0.29) is 5.91 Å². The molecule has 4 aromatic rings. The van der Waals surface area contributed by atoms with Crippen molar-refractivity contribution < 1.29 is 9.53 Å². The molecule has 1 aromatic heterocycles. The van der Waals surface area contributed by atoms with Gasteiger partial charge >= 0.3 is 0 Å². The summed E-state index contributed by atoms with van der Waals surface area (Å²) in [5, 5.41) is 2.68. The van der Waals surface area contributed by atoms with Gasteiger partial charge < -0.3 is 14.6 Å². The molecule has 1 aliphatic rings. The lowest BCUT2D eigenvalue weighted by atomic mass is 10.1. The van der Waals surface area contributed by atoms with Gasteiger partial charge in [-0.15, -0.1) is 0 Å². The topological polar surface area (TPSA) is 56.1 Å². The quantitative estimate of drug-likeness (QED) is 0.579. The third kappa shape index (κ3) is 3.14. The monoisotopic (exact) mass is 383 g/mol. The highest BCUT2D eigenvalue weighted by Gasteiger charge is 2.18. The Morgan fingerprint density at radius 2 is 1.97 bits per heavy atom. The minimum atomic E-state index is -0.110. The molecule has 3 aromatic carbocycles. The highest BCUT2D eigenvalue weighted by atomic mass is 16.5. The first kappa shape index (κ1) is 17.5. The SMILES string of the molecule is CNC(=O)c1ccc2c(c1)nc(-c1ccc3c(c1)CCO3)n2Cc1ccccc1. The highest BCUT2D eigenvalue weighted by molar-refractivity contribution is 5.97. The summed E-state index contributed by atoms with van der Waals surface area (Å²) < 4.78 is 7.88. The molecular formula is C24H21N3O2. The maximum atomic E-state index is 12.1. The predicted octanol–water partition coefficient (Wildman–Crippen LogP) is 4.05. The Hall–Kier alpha value is -3.60. The molecule has 5 heteroatoms. The fourth-order valence-corrected chi connectivity index (χ4v) is 3.89. The third-order valence-electron chi connectivity index (χ3n) is 5.37. The van der Waals surface area contributed by atoms with Crippen LogP contribution in [0.15, 0.2) is 66.7 Å². The molecular weight excluding hydrogens is 362 g/mol. The van der Waals surface area contributed by atoms with Gasteiger partial charge in [0.25, 0.3) is 5.91 Å². The van der Waals surface area contributed by atoms with Crippen molar-refractivity contribution in [2.45, 2.75) is 13.0 Å². The van der Waals surface area contributed by atoms with E-state index in [2.05, 4.69) is 34.1 Å². The molecule has 1 aliphatic heterocycles. The molecule has 0 aliphatic carbocycles. The molecule has 0 saturated carbocycles. The summed E-state index contributed by atoms with van der Waals surface area (Å²) in [5.74, 6) is 1.75. The molecule has 0 saturated heterocycles. The van der Waals surface area contributed by atoms with Crippen LogP contribution < -0.4 is 10.1 Å². The first-order valence-electron chi connectivity index (χ1n) is 9.75. The van der Waals surface area contributed by atoms with Crippen molar-refractivity contribution in [1.82, 2.24) is 14.9 Å². The molecule has 5 rings (SSSR count). The van der Waals surface area contributed by atoms with Crippen molar-refractivity contribution in [2.24, 2.45) is 0 Å². The highest BCUT2D eigenvalue weighted by Crippen LogP contribution is 2.32. The van der Waals surface area contributed by atoms with Crippen molar-refractivity contribution in [1.29, 1.82) is 0 Å². The minimum absolute atomic E-state index is 0.110. The molecule has 144 valence electrons. The van der Waals surface area contributed by atoms with E-state index < -0.39 is 0 Å². The van der Waals surface area contributed by atoms with Crippen molar-refractivity contribution in [3.05, 3.63) is 83.4 Å². The van der Waals surface area contributed by atoms with Crippen LogP contribution in [-0.4, -0.2) is 29.1 Å². The van der Waals surface area contributed by atoms with Gasteiger partial charge in [-0.05, 0) is 47.5 Å². The van der Waals surface area contributed by atoms with Crippen LogP contribution in [0.5, 0.6) is 5.75 Å². The summed E-state index contributed by atoms with van der Waals surface area (Å²) in [6.07, 6.45) is 0.920. The Kier molecular flexibility index (Phi) is 4.28. The van der Waals surface area contributed by atoms with E-state index in [1.165, 1.54) is 11.1 Å². The molecule has 0 bridgehead atoms. The lowest BCUT2D eigenvalue weighted by Crippen LogP contribution is -2.17. The lowest BCUT2D eigenvalue weighted by Gasteiger charge is -2.11. The van der Waals surface area contributed by atoms with Crippen LogP contribution in [-0.2, 0) is 13.0 Å². The van der Waals surface area contributed by atoms with Gasteiger partial charge in [-0.2, -0.15) is 0 Å². The molecule has 0 unspecified atom stereocenters. The number of carbonyl (C=O) groups excluding carboxylic acids is 1. The summed E-state index contributed by atoms with van der Waals surface area (Å²) in [5.41, 5.74) is 5.91. The Morgan fingerprint density at radius 1 is 1.10 bits per heavy atom. The van der Waals surface area contributed by atoms with E-state index in [4.69, 9.17) is 9.72 Å². The second-order valence-electron chi connectivity index (χ2n) is 7.21. The first-order chi connectivity index (χ1) is 14.2. The molecule has 2 heterocycles. The molecule has 1 amide bonds. The summed E-state index contributed by atoms with van der Waals surface area (Å²) in [6.45, 7) is 1.44. The van der Waals surface area contributed by atoms with Crippen LogP contribution in [0.4, 0.5) is 0 Å². The Labute approximate surface area is 169 Å². The van der Waals surface area contributed by atoms with Gasteiger partial charge in [-0.3, -0.25) is 4.79 Å². The molecule has 0 spiro atoms. The summed E-state index contributed by atoms with van der Waals surface area (Å²) in [6, 6.07) is 22.3. The zero-order chi connectivity index (χ0) is 19.8. The van der Waals surface area contributed by atoms with Crippen molar-refractivity contribution in [3.8, 4) is 17.1 Å². The number of benzene rings is 3. The number of nitrogens with one attached hydrogen (secondary N) is 1. The normalized spacial score (nSPS) is 12.6. The van der Waals surface area contributed by atoms with Crippen LogP contribution in [0, 0.1) is 0 Å². The van der Waals surface area contributed by atoms with Crippen molar-refractivity contribution >= 4 is 16.9 Å². The Morgan fingerprint density at radius 3 is 2.79 bits per heavy atom. The molecule has 5 nitrogen and oxygen atoms in total. The van der Waals surface area contributed by atoms with E-state index in [0.29, 0.717) is 12.1 Å². The summed E-state index contributed by atoms with van der Waals surface area (Å²) in [4.78, 5) is 17.0. The van der Waals surface area contributed by atoms with Crippen LogP contribution in [0.3, 0.4) is 0 Å². The average molecular weight is 383 g/mol. The fraction of sp³-hybridized carbons (Fsp3) is 0.167. The summed E-state index contributed by atoms with van der Waals surface area (Å²) >= 11 is 0. The van der Waals surface area contributed by atoms with Crippen LogP contribution in [0.1, 0.15) is 21.5 Å². The first-order valence-corrected chi connectivity index (χ1v) is 9.75. The maximum Gasteiger partial charge on any atom is 0.251 e. The van der Waals surface area contributed by atoms with E-state index >= 15 is 0 Å². The van der Waals surface area contributed by atoms with Crippen molar-refractivity contribution in [2.75, 3.05) is 13.7 Å². The maximum absolute atomic E-state index is 12.1. The number of ether oxygens (including phenoxy) is 1. The molecule has 1 N–H and O–H groups in total. The number of fused-ring (bicyclic) bond motifs is 2. The van der Waals surface area contributed by atoms with Gasteiger partial charge in [0.05, 0.1) is 17.6 Å². The smallest absolute Gasteiger partial charge is 0.251 e. The number of carbonyl (C=O) groups is 1. The number of imidazole rings is 1. The Balaban J connectivity index is 1.68. The van der Waals surface area contributed by atoms with E-state index in [9.17, 15) is 4.79 Å². The fourth-order valence-electron chi connectivity index (χ4n) is 3.89. The summed E-state index contributed by atoms with van der Waals surface area (Å²) in [7, 11) is 1.64. The van der Waals surface area contributed by atoms with Crippen LogP contribution in [0.2, 0.25) is 0 Å². The van der Waals surface area contributed by atoms with Crippen molar-refractivity contribution in [3.63, 3.8) is 0 Å². The number of rotatable bonds is 4. The zero-order valence-corrected chi connectivity index (χ0v) is 16.2. The molecule has 0 atom stereocenters. The van der Waals surface area contributed by atoms with Gasteiger partial charge in [-0.1, -0.05) is 30.3 Å². The second-order valence-corrected chi connectivity index (χ2v) is 7.21. The van der Waals surface area contributed by atoms with E-state index in [1.807, 2.05) is 42.5 Å². The van der Waals surface area contributed by atoms with Gasteiger partial charge in [-0.25, -0.2) is 4.98 Å². The lowest BCUT2D eigenvalue weighted by molar-refractivity contribution is 0.0963. The third-order valence-corrected chi connectivity index (χ3v) is 5.37. The van der Waals surface area contributed by atoms with Gasteiger partial charge in [0.15, 0.2) is 0 Å².